The van der Waals surface area contributed by atoms with Crippen LogP contribution in [0, 0.1) is 11.3 Å². The van der Waals surface area contributed by atoms with Gasteiger partial charge in [0.25, 0.3) is 0 Å². The third kappa shape index (κ3) is 3.38. The molecule has 3 rings (SSSR count). The number of sulfonamides is 1. The molecule has 1 aromatic carbocycles. The maximum Gasteiger partial charge on any atom is 0.243 e. The first-order chi connectivity index (χ1) is 11.9. The van der Waals surface area contributed by atoms with Gasteiger partial charge >= 0.3 is 0 Å². The second-order valence-corrected chi connectivity index (χ2v) is 7.55. The zero-order valence-corrected chi connectivity index (χ0v) is 14.2. The van der Waals surface area contributed by atoms with E-state index >= 15 is 0 Å². The molecule has 25 heavy (non-hydrogen) atoms. The first-order valence-corrected chi connectivity index (χ1v) is 8.99. The van der Waals surface area contributed by atoms with Crippen molar-refractivity contribution in [3.63, 3.8) is 0 Å². The topological polar surface area (TPSA) is 100 Å². The van der Waals surface area contributed by atoms with Gasteiger partial charge in [0.05, 0.1) is 18.0 Å². The highest BCUT2D eigenvalue weighted by Gasteiger charge is 2.38. The highest BCUT2D eigenvalue weighted by Crippen LogP contribution is 2.25. The quantitative estimate of drug-likeness (QED) is 0.754. The molecule has 1 saturated heterocycles. The van der Waals surface area contributed by atoms with Gasteiger partial charge in [-0.1, -0.05) is 12.1 Å². The van der Waals surface area contributed by atoms with Crippen LogP contribution in [0.3, 0.4) is 0 Å². The fourth-order valence-electron chi connectivity index (χ4n) is 2.42. The molecule has 8 heteroatoms. The van der Waals surface area contributed by atoms with E-state index in [1.165, 1.54) is 29.6 Å². The lowest BCUT2D eigenvalue weighted by molar-refractivity contribution is 0.0718. The minimum atomic E-state index is -3.68. The summed E-state index contributed by atoms with van der Waals surface area (Å²) >= 11 is 0. The number of nitrogens with zero attached hydrogens (tertiary/aromatic N) is 3. The fraction of sp³-hybridized carbons (Fsp3) is 0.235. The summed E-state index contributed by atoms with van der Waals surface area (Å²) in [6.45, 7) is 1.71. The molecule has 1 aromatic heterocycles. The largest absolute Gasteiger partial charge is 0.471 e. The van der Waals surface area contributed by atoms with Crippen molar-refractivity contribution in [2.75, 3.05) is 13.1 Å². The third-order valence-corrected chi connectivity index (χ3v) is 5.69. The van der Waals surface area contributed by atoms with Crippen LogP contribution in [0.4, 0.5) is 0 Å². The van der Waals surface area contributed by atoms with Crippen LogP contribution >= 0.6 is 0 Å². The molecule has 0 spiro atoms. The summed E-state index contributed by atoms with van der Waals surface area (Å²) in [6, 6.07) is 11.2. The summed E-state index contributed by atoms with van der Waals surface area (Å²) in [5.41, 5.74) is 0.652. The lowest BCUT2D eigenvalue weighted by atomic mass is 10.2. The average molecular weight is 357 g/mol. The van der Waals surface area contributed by atoms with E-state index in [1.54, 1.807) is 24.3 Å². The predicted molar refractivity (Wildman–Crippen MR) is 88.6 cm³/mol. The number of Topliss-reactive ketones (excluding diaryl/α,β-unsaturated/α-hetero) is 1. The maximum atomic E-state index is 12.6. The lowest BCUT2D eigenvalue weighted by Crippen LogP contribution is -2.56. The Morgan fingerprint density at radius 1 is 1.32 bits per heavy atom. The first kappa shape index (κ1) is 17.1. The molecule has 0 amide bonds. The molecule has 0 unspecified atom stereocenters. The van der Waals surface area contributed by atoms with Crippen molar-refractivity contribution < 1.29 is 17.9 Å². The molecule has 7 nitrogen and oxygen atoms in total. The minimum absolute atomic E-state index is 0.0780. The average Bonchev–Trinajstić information content (AvgIpc) is 2.58. The number of hydrogen-bond donors (Lipinski definition) is 0. The summed E-state index contributed by atoms with van der Waals surface area (Å²) in [6.07, 6.45) is 1.14. The van der Waals surface area contributed by atoms with Crippen LogP contribution in [0.1, 0.15) is 22.8 Å². The van der Waals surface area contributed by atoms with E-state index in [0.717, 1.165) is 0 Å². The second kappa shape index (κ2) is 6.63. The molecule has 0 atom stereocenters. The normalized spacial score (nSPS) is 15.2. The number of nitriles is 1. The summed E-state index contributed by atoms with van der Waals surface area (Å²) in [5, 5.41) is 9.02. The van der Waals surface area contributed by atoms with Crippen LogP contribution in [0.2, 0.25) is 0 Å². The Morgan fingerprint density at radius 3 is 2.76 bits per heavy atom. The van der Waals surface area contributed by atoms with Crippen molar-refractivity contribution in [1.82, 2.24) is 9.29 Å². The van der Waals surface area contributed by atoms with E-state index in [0.29, 0.717) is 11.1 Å². The molecule has 0 saturated carbocycles. The number of carbonyl (C=O) groups excluding carboxylic acids is 1. The molecule has 1 aliphatic rings. The molecule has 1 fully saturated rings. The smallest absolute Gasteiger partial charge is 0.243 e. The second-order valence-electron chi connectivity index (χ2n) is 5.61. The van der Waals surface area contributed by atoms with Crippen molar-refractivity contribution in [3.8, 4) is 11.9 Å². The van der Waals surface area contributed by atoms with Crippen LogP contribution in [-0.4, -0.2) is 42.7 Å². The van der Waals surface area contributed by atoms with E-state index in [2.05, 4.69) is 4.98 Å². The summed E-state index contributed by atoms with van der Waals surface area (Å²) in [4.78, 5) is 15.5. The van der Waals surface area contributed by atoms with Gasteiger partial charge in [0.2, 0.25) is 15.9 Å². The Balaban J connectivity index is 1.70. The van der Waals surface area contributed by atoms with Gasteiger partial charge in [-0.05, 0) is 31.2 Å². The standard InChI is InChI=1S/C17H15N3O4S/c1-12(21)13-4-2-6-16(8-13)25(22,23)20-10-15(11-20)24-17-14(9-18)5-3-7-19-17/h2-8,15H,10-11H2,1H3. The van der Waals surface area contributed by atoms with Gasteiger partial charge in [-0.3, -0.25) is 4.79 Å². The van der Waals surface area contributed by atoms with E-state index in [-0.39, 0.29) is 35.8 Å². The molecule has 2 heterocycles. The summed E-state index contributed by atoms with van der Waals surface area (Å²) in [5.74, 6) is 0.00618. The number of rotatable bonds is 5. The third-order valence-electron chi connectivity index (χ3n) is 3.86. The van der Waals surface area contributed by atoms with Crippen molar-refractivity contribution in [3.05, 3.63) is 53.7 Å². The Bertz CT molecular complexity index is 960. The molecular weight excluding hydrogens is 342 g/mol. The maximum absolute atomic E-state index is 12.6. The van der Waals surface area contributed by atoms with Crippen LogP contribution < -0.4 is 4.74 Å². The monoisotopic (exact) mass is 357 g/mol. The zero-order valence-electron chi connectivity index (χ0n) is 13.4. The highest BCUT2D eigenvalue weighted by molar-refractivity contribution is 7.89. The zero-order chi connectivity index (χ0) is 18.0. The Kier molecular flexibility index (Phi) is 4.53. The molecule has 0 aliphatic carbocycles. The van der Waals surface area contributed by atoms with E-state index in [4.69, 9.17) is 10.00 Å². The van der Waals surface area contributed by atoms with Gasteiger partial charge in [0, 0.05) is 11.8 Å². The van der Waals surface area contributed by atoms with E-state index < -0.39 is 10.0 Å². The molecule has 1 aliphatic heterocycles. The van der Waals surface area contributed by atoms with Crippen LogP contribution in [0.15, 0.2) is 47.5 Å². The van der Waals surface area contributed by atoms with Crippen molar-refractivity contribution in [1.29, 1.82) is 5.26 Å². The molecule has 0 bridgehead atoms. The number of ketones is 1. The van der Waals surface area contributed by atoms with Crippen LogP contribution in [0.5, 0.6) is 5.88 Å². The van der Waals surface area contributed by atoms with Gasteiger partial charge in [-0.25, -0.2) is 13.4 Å². The van der Waals surface area contributed by atoms with E-state index in [1.807, 2.05) is 6.07 Å². The number of benzene rings is 1. The molecular formula is C17H15N3O4S. The molecule has 128 valence electrons. The van der Waals surface area contributed by atoms with Crippen molar-refractivity contribution >= 4 is 15.8 Å². The number of hydrogen-bond acceptors (Lipinski definition) is 6. The fourth-order valence-corrected chi connectivity index (χ4v) is 3.97. The Morgan fingerprint density at radius 2 is 2.08 bits per heavy atom. The van der Waals surface area contributed by atoms with Gasteiger partial charge in [0.15, 0.2) is 5.78 Å². The van der Waals surface area contributed by atoms with E-state index in [9.17, 15) is 13.2 Å². The Labute approximate surface area is 145 Å². The van der Waals surface area contributed by atoms with Gasteiger partial charge < -0.3 is 4.74 Å². The van der Waals surface area contributed by atoms with Gasteiger partial charge in [-0.2, -0.15) is 9.57 Å². The number of ether oxygens (including phenoxy) is 1. The Hall–Kier alpha value is -2.76. The van der Waals surface area contributed by atoms with Crippen LogP contribution in [-0.2, 0) is 10.0 Å². The molecule has 0 radical (unpaired) electrons. The number of pyridine rings is 1. The number of aromatic nitrogens is 1. The number of carbonyl (C=O) groups is 1. The van der Waals surface area contributed by atoms with Gasteiger partial charge in [-0.15, -0.1) is 0 Å². The minimum Gasteiger partial charge on any atom is -0.471 e. The lowest BCUT2D eigenvalue weighted by Gasteiger charge is -2.37. The first-order valence-electron chi connectivity index (χ1n) is 7.55. The van der Waals surface area contributed by atoms with Crippen LogP contribution in [0.25, 0.3) is 0 Å². The SMILES string of the molecule is CC(=O)c1cccc(S(=O)(=O)N2CC(Oc3ncccc3C#N)C2)c1. The van der Waals surface area contributed by atoms with Gasteiger partial charge in [0.1, 0.15) is 17.7 Å². The van der Waals surface area contributed by atoms with Crippen molar-refractivity contribution in [2.45, 2.75) is 17.9 Å². The predicted octanol–water partition coefficient (Wildman–Crippen LogP) is 1.61. The van der Waals surface area contributed by atoms with Crippen molar-refractivity contribution in [2.24, 2.45) is 0 Å². The summed E-state index contributed by atoms with van der Waals surface area (Å²) < 4.78 is 32.1. The molecule has 0 N–H and O–H groups in total. The highest BCUT2D eigenvalue weighted by atomic mass is 32.2. The summed E-state index contributed by atoms with van der Waals surface area (Å²) in [7, 11) is -3.68. The molecule has 2 aromatic rings.